The maximum Gasteiger partial charge on any atom is 0.407 e. The lowest BCUT2D eigenvalue weighted by Gasteiger charge is -2.42. The van der Waals surface area contributed by atoms with Crippen LogP contribution in [0.2, 0.25) is 0 Å². The van der Waals surface area contributed by atoms with Gasteiger partial charge >= 0.3 is 6.09 Å². The predicted octanol–water partition coefficient (Wildman–Crippen LogP) is 5.44. The van der Waals surface area contributed by atoms with Crippen LogP contribution in [-0.2, 0) is 19.0 Å². The van der Waals surface area contributed by atoms with Crippen molar-refractivity contribution in [1.29, 1.82) is 0 Å². The molecule has 0 radical (unpaired) electrons. The molecule has 1 spiro atoms. The molecular weight excluding hydrogens is 626 g/mol. The fourth-order valence-electron chi connectivity index (χ4n) is 7.71. The van der Waals surface area contributed by atoms with E-state index in [-0.39, 0.29) is 29.7 Å². The Morgan fingerprint density at radius 2 is 1.92 bits per heavy atom. The van der Waals surface area contributed by atoms with Crippen molar-refractivity contribution in [2.24, 2.45) is 10.6 Å². The first kappa shape index (κ1) is 33.5. The first-order chi connectivity index (χ1) is 23.5. The third-order valence-corrected chi connectivity index (χ3v) is 10.3. The van der Waals surface area contributed by atoms with Crippen molar-refractivity contribution in [3.05, 3.63) is 29.7 Å². The van der Waals surface area contributed by atoms with Crippen LogP contribution in [0.1, 0.15) is 96.7 Å². The van der Waals surface area contributed by atoms with Crippen LogP contribution in [0.3, 0.4) is 0 Å². The first-order valence-electron chi connectivity index (χ1n) is 17.6. The van der Waals surface area contributed by atoms with Crippen LogP contribution < -0.4 is 15.1 Å². The highest BCUT2D eigenvalue weighted by Crippen LogP contribution is 2.44. The number of rotatable bonds is 6. The average Bonchev–Trinajstić information content (AvgIpc) is 3.61. The summed E-state index contributed by atoms with van der Waals surface area (Å²) in [5.74, 6) is 1.86. The third kappa shape index (κ3) is 6.64. The molecule has 1 N–H and O–H groups in total. The van der Waals surface area contributed by atoms with Crippen LogP contribution in [0, 0.1) is 5.41 Å². The number of hydrogen-bond acceptors (Lipinski definition) is 12. The zero-order chi connectivity index (χ0) is 34.3. The maximum absolute atomic E-state index is 12.8. The van der Waals surface area contributed by atoms with Crippen LogP contribution in [0.5, 0.6) is 0 Å². The number of nitrogens with zero attached hydrogens (tertiary/aromatic N) is 8. The van der Waals surface area contributed by atoms with Gasteiger partial charge in [0, 0.05) is 37.6 Å². The number of anilines is 3. The molecule has 3 aromatic rings. The lowest BCUT2D eigenvalue weighted by molar-refractivity contribution is -0.0368. The van der Waals surface area contributed by atoms with E-state index in [1.807, 2.05) is 44.6 Å². The second-order valence-corrected chi connectivity index (χ2v) is 14.9. The van der Waals surface area contributed by atoms with E-state index in [0.717, 1.165) is 98.0 Å². The summed E-state index contributed by atoms with van der Waals surface area (Å²) >= 11 is 0. The molecule has 7 rings (SSSR count). The van der Waals surface area contributed by atoms with Crippen molar-refractivity contribution in [3.8, 4) is 0 Å². The van der Waals surface area contributed by atoms with Gasteiger partial charge in [0.2, 0.25) is 0 Å². The normalized spacial score (nSPS) is 25.6. The van der Waals surface area contributed by atoms with E-state index in [4.69, 9.17) is 39.1 Å². The van der Waals surface area contributed by atoms with Gasteiger partial charge in [-0.05, 0) is 78.4 Å². The number of carbonyl (C=O) groups is 1. The number of ether oxygens (including phenoxy) is 3. The van der Waals surface area contributed by atoms with Gasteiger partial charge in [0.05, 0.1) is 48.2 Å². The van der Waals surface area contributed by atoms with Crippen molar-refractivity contribution >= 4 is 40.8 Å². The van der Waals surface area contributed by atoms with Crippen LogP contribution >= 0.6 is 0 Å². The Kier molecular flexibility index (Phi) is 9.11. The van der Waals surface area contributed by atoms with E-state index in [0.29, 0.717) is 13.2 Å². The summed E-state index contributed by atoms with van der Waals surface area (Å²) in [6.07, 6.45) is 8.40. The van der Waals surface area contributed by atoms with Gasteiger partial charge in [0.1, 0.15) is 18.5 Å². The van der Waals surface area contributed by atoms with E-state index in [1.165, 1.54) is 7.11 Å². The van der Waals surface area contributed by atoms with Crippen molar-refractivity contribution in [2.75, 3.05) is 49.8 Å². The molecular formula is C35H49N9O5. The van der Waals surface area contributed by atoms with Gasteiger partial charge in [-0.25, -0.2) is 24.4 Å². The number of fused-ring (bicyclic) bond motifs is 2. The summed E-state index contributed by atoms with van der Waals surface area (Å²) in [7, 11) is 1.53. The number of piperidine rings is 1. The molecule has 0 aromatic carbocycles. The zero-order valence-electron chi connectivity index (χ0n) is 29.5. The summed E-state index contributed by atoms with van der Waals surface area (Å²) in [5.41, 5.74) is 3.50. The summed E-state index contributed by atoms with van der Waals surface area (Å²) in [6, 6.07) is 3.91. The fourth-order valence-corrected chi connectivity index (χ4v) is 7.71. The molecule has 0 aliphatic carbocycles. The first-order valence-corrected chi connectivity index (χ1v) is 17.6. The molecule has 4 aliphatic heterocycles. The Bertz CT molecular complexity index is 1690. The van der Waals surface area contributed by atoms with Crippen molar-refractivity contribution in [1.82, 2.24) is 30.0 Å². The molecule has 264 valence electrons. The molecule has 4 atom stereocenters. The van der Waals surface area contributed by atoms with Crippen molar-refractivity contribution < 1.29 is 23.8 Å². The monoisotopic (exact) mass is 675 g/mol. The lowest BCUT2D eigenvalue weighted by atomic mass is 9.73. The third-order valence-electron chi connectivity index (χ3n) is 10.3. The van der Waals surface area contributed by atoms with E-state index >= 15 is 0 Å². The predicted molar refractivity (Wildman–Crippen MR) is 185 cm³/mol. The molecule has 3 aromatic heterocycles. The largest absolute Gasteiger partial charge is 0.444 e. The van der Waals surface area contributed by atoms with Crippen LogP contribution in [-0.4, -0.2) is 94.7 Å². The Morgan fingerprint density at radius 1 is 1.10 bits per heavy atom. The number of amides is 1. The quantitative estimate of drug-likeness (QED) is 0.264. The molecule has 1 unspecified atom stereocenters. The van der Waals surface area contributed by atoms with Gasteiger partial charge in [0.15, 0.2) is 23.2 Å². The van der Waals surface area contributed by atoms with Gasteiger partial charge in [-0.2, -0.15) is 0 Å². The van der Waals surface area contributed by atoms with Crippen LogP contribution in [0.4, 0.5) is 22.1 Å². The number of nitrogens with one attached hydrogen (secondary N) is 1. The highest BCUT2D eigenvalue weighted by molar-refractivity contribution is 5.89. The minimum Gasteiger partial charge on any atom is -0.444 e. The van der Waals surface area contributed by atoms with Crippen molar-refractivity contribution in [2.45, 2.75) is 103 Å². The minimum atomic E-state index is -0.564. The van der Waals surface area contributed by atoms with Gasteiger partial charge in [-0.1, -0.05) is 12.1 Å². The fraction of sp³-hybridized carbons (Fsp3) is 0.657. The number of carbonyl (C=O) groups excluding carboxylic acids is 1. The number of aromatic nitrogens is 5. The lowest BCUT2D eigenvalue weighted by Crippen LogP contribution is -2.55. The second kappa shape index (κ2) is 13.3. The van der Waals surface area contributed by atoms with Gasteiger partial charge < -0.3 is 34.2 Å². The highest BCUT2D eigenvalue weighted by atomic mass is 16.6. The molecule has 49 heavy (non-hydrogen) atoms. The Balaban J connectivity index is 1.17. The number of alkyl carbamates (subject to hydrolysis) is 1. The number of hydrogen-bond donors (Lipinski definition) is 1. The molecule has 0 saturated carbocycles. The Morgan fingerprint density at radius 3 is 2.65 bits per heavy atom. The highest BCUT2D eigenvalue weighted by Gasteiger charge is 2.50. The van der Waals surface area contributed by atoms with Gasteiger partial charge in [-0.3, -0.25) is 0 Å². The average molecular weight is 676 g/mol. The molecule has 1 amide bonds. The van der Waals surface area contributed by atoms with Crippen LogP contribution in [0.25, 0.3) is 11.2 Å². The molecule has 7 heterocycles. The number of pyridine rings is 1. The van der Waals surface area contributed by atoms with Gasteiger partial charge in [-0.15, -0.1) is 5.10 Å². The SMILES string of the molecule is CO/N=C/c1ccc2c(n1)[C@@H](C)CCN2c1nn(C2CCCCO2)c2nc(N3CCC4(CC3)CO[C@@H](C)[C@H]4NC(=O)OC(C)(C)C)cnc12. The minimum absolute atomic E-state index is 0.0957. The zero-order valence-corrected chi connectivity index (χ0v) is 29.5. The topological polar surface area (TPSA) is 141 Å². The number of oxime groups is 1. The standard InChI is InChI=1S/C35H49N9O5/c1-22-12-15-43(25-11-10-24(19-37-46-6)38-28(22)25)32-29-31(44(41-32)27-9-7-8-18-47-27)39-26(20-36-29)42-16-13-35(14-17-42)21-48-23(2)30(35)40-33(45)49-34(3,4)5/h10-11,19-20,22-23,27,30H,7-9,12-18,21H2,1-6H3,(H,40,45)/b37-19+/t22-,23-,27?,30+/m0/s1. The summed E-state index contributed by atoms with van der Waals surface area (Å²) < 4.78 is 19.9. The summed E-state index contributed by atoms with van der Waals surface area (Å²) in [4.78, 5) is 37.3. The molecule has 3 fully saturated rings. The van der Waals surface area contributed by atoms with E-state index in [2.05, 4.69) is 33.3 Å². The maximum atomic E-state index is 12.8. The van der Waals surface area contributed by atoms with Crippen LogP contribution in [0.15, 0.2) is 23.5 Å². The summed E-state index contributed by atoms with van der Waals surface area (Å²) in [6.45, 7) is 13.5. The Hall–Kier alpha value is -4.04. The molecule has 14 nitrogen and oxygen atoms in total. The van der Waals surface area contributed by atoms with Gasteiger partial charge in [0.25, 0.3) is 0 Å². The molecule has 0 bridgehead atoms. The molecule has 14 heteroatoms. The second-order valence-electron chi connectivity index (χ2n) is 14.9. The van der Waals surface area contributed by atoms with Crippen molar-refractivity contribution in [3.63, 3.8) is 0 Å². The van der Waals surface area contributed by atoms with E-state index in [1.54, 1.807) is 6.21 Å². The molecule has 4 aliphatic rings. The Labute approximate surface area is 287 Å². The van der Waals surface area contributed by atoms with E-state index in [9.17, 15) is 4.79 Å². The molecule has 3 saturated heterocycles. The summed E-state index contributed by atoms with van der Waals surface area (Å²) in [5, 5.41) is 12.2. The van der Waals surface area contributed by atoms with E-state index < -0.39 is 11.7 Å². The smallest absolute Gasteiger partial charge is 0.407 e.